The Morgan fingerprint density at radius 1 is 1.60 bits per heavy atom. The molecule has 1 N–H and O–H groups in total. The first kappa shape index (κ1) is 9.59. The average molecular weight is 225 g/mol. The van der Waals surface area contributed by atoms with Gasteiger partial charge < -0.3 is 5.32 Å². The highest BCUT2D eigenvalue weighted by Gasteiger charge is 2.11. The van der Waals surface area contributed by atoms with Crippen molar-refractivity contribution in [2.45, 2.75) is 0 Å². The average Bonchev–Trinajstić information content (AvgIpc) is 2.76. The summed E-state index contributed by atoms with van der Waals surface area (Å²) in [6, 6.07) is 0. The van der Waals surface area contributed by atoms with E-state index in [2.05, 4.69) is 15.4 Å². The number of nitrogens with one attached hydrogen (secondary N) is 1. The number of hydrogen-bond donors (Lipinski definition) is 1. The van der Waals surface area contributed by atoms with E-state index in [0.717, 1.165) is 17.0 Å². The molecule has 0 spiro atoms. The molecule has 0 amide bonds. The Hall–Kier alpha value is -1.96. The van der Waals surface area contributed by atoms with Crippen molar-refractivity contribution in [3.8, 4) is 0 Å². The molecule has 0 atom stereocenters. The van der Waals surface area contributed by atoms with Crippen LogP contribution in [-0.4, -0.2) is 19.7 Å². The predicted molar refractivity (Wildman–Crippen MR) is 55.3 cm³/mol. The molecule has 2 rings (SSSR count). The van der Waals surface area contributed by atoms with Gasteiger partial charge in [-0.1, -0.05) is 0 Å². The van der Waals surface area contributed by atoms with Crippen molar-refractivity contribution in [3.05, 3.63) is 28.7 Å². The van der Waals surface area contributed by atoms with Gasteiger partial charge in [0, 0.05) is 13.2 Å². The molecule has 0 fully saturated rings. The van der Waals surface area contributed by atoms with Crippen molar-refractivity contribution in [1.82, 2.24) is 14.8 Å². The molecule has 2 aromatic rings. The van der Waals surface area contributed by atoms with Crippen LogP contribution < -0.4 is 5.32 Å². The summed E-state index contributed by atoms with van der Waals surface area (Å²) >= 11 is 0.987. The highest BCUT2D eigenvalue weighted by atomic mass is 32.1. The van der Waals surface area contributed by atoms with Crippen LogP contribution in [0.3, 0.4) is 0 Å². The van der Waals surface area contributed by atoms with Gasteiger partial charge in [0.2, 0.25) is 0 Å². The molecule has 0 aromatic carbocycles. The molecule has 0 aliphatic heterocycles. The monoisotopic (exact) mass is 225 g/mol. The fourth-order valence-electron chi connectivity index (χ4n) is 1.02. The maximum Gasteiger partial charge on any atom is 0.345 e. The van der Waals surface area contributed by atoms with Crippen LogP contribution in [0.5, 0.6) is 0 Å². The molecule has 0 unspecified atom stereocenters. The molecule has 0 aliphatic rings. The molecule has 2 heterocycles. The summed E-state index contributed by atoms with van der Waals surface area (Å²) in [7, 11) is 1.79. The highest BCUT2D eigenvalue weighted by molar-refractivity contribution is 7.18. The Kier molecular flexibility index (Phi) is 2.34. The Balaban J connectivity index is 2.14. The van der Waals surface area contributed by atoms with Crippen LogP contribution >= 0.6 is 11.3 Å². The normalized spacial score (nSPS) is 10.2. The Morgan fingerprint density at radius 3 is 2.93 bits per heavy atom. The van der Waals surface area contributed by atoms with E-state index in [9.17, 15) is 10.1 Å². The van der Waals surface area contributed by atoms with Gasteiger partial charge in [-0.2, -0.15) is 5.10 Å². The maximum absolute atomic E-state index is 10.4. The van der Waals surface area contributed by atoms with Gasteiger partial charge in [0.25, 0.3) is 0 Å². The lowest BCUT2D eigenvalue weighted by Gasteiger charge is -1.94. The van der Waals surface area contributed by atoms with Crippen molar-refractivity contribution in [1.29, 1.82) is 0 Å². The van der Waals surface area contributed by atoms with Gasteiger partial charge in [0.1, 0.15) is 6.20 Å². The van der Waals surface area contributed by atoms with Crippen molar-refractivity contribution >= 4 is 27.2 Å². The number of rotatable bonds is 3. The van der Waals surface area contributed by atoms with Crippen LogP contribution in [0.1, 0.15) is 0 Å². The number of aromatic nitrogens is 3. The van der Waals surface area contributed by atoms with Crippen LogP contribution in [0.4, 0.5) is 15.8 Å². The zero-order valence-electron chi connectivity index (χ0n) is 7.75. The van der Waals surface area contributed by atoms with E-state index in [1.54, 1.807) is 24.1 Å². The number of hydrogen-bond acceptors (Lipinski definition) is 6. The van der Waals surface area contributed by atoms with Gasteiger partial charge in [-0.15, -0.1) is 0 Å². The lowest BCUT2D eigenvalue weighted by molar-refractivity contribution is -0.380. The van der Waals surface area contributed by atoms with E-state index in [4.69, 9.17) is 0 Å². The fraction of sp³-hybridized carbons (Fsp3) is 0.143. The van der Waals surface area contributed by atoms with E-state index in [1.165, 1.54) is 6.20 Å². The quantitative estimate of drug-likeness (QED) is 0.632. The zero-order chi connectivity index (χ0) is 10.8. The summed E-state index contributed by atoms with van der Waals surface area (Å²) in [5.41, 5.74) is 0.752. The summed E-state index contributed by atoms with van der Waals surface area (Å²) in [4.78, 5) is 13.8. The molecule has 0 aliphatic carbocycles. The molecule has 2 aromatic heterocycles. The SMILES string of the molecule is Cn1cc(Nc2ncc([N+](=O)[O-])s2)cn1. The Bertz CT molecular complexity index is 491. The number of thiazole rings is 1. The number of nitro groups is 1. The van der Waals surface area contributed by atoms with Gasteiger partial charge in [-0.3, -0.25) is 14.8 Å². The van der Waals surface area contributed by atoms with Crippen LogP contribution in [0.15, 0.2) is 18.6 Å². The second-order valence-corrected chi connectivity index (χ2v) is 3.80. The number of anilines is 2. The first-order chi connectivity index (χ1) is 7.15. The van der Waals surface area contributed by atoms with Gasteiger partial charge in [0.05, 0.1) is 16.8 Å². The van der Waals surface area contributed by atoms with Crippen LogP contribution in [0.2, 0.25) is 0 Å². The number of nitrogens with zero attached hydrogens (tertiary/aromatic N) is 4. The second kappa shape index (κ2) is 3.65. The van der Waals surface area contributed by atoms with Crippen LogP contribution in [-0.2, 0) is 7.05 Å². The summed E-state index contributed by atoms with van der Waals surface area (Å²) in [5.74, 6) is 0. The van der Waals surface area contributed by atoms with Crippen LogP contribution in [0, 0.1) is 10.1 Å². The third-order valence-corrected chi connectivity index (χ3v) is 2.49. The summed E-state index contributed by atoms with van der Waals surface area (Å²) in [5, 5.41) is 17.8. The molecule has 0 saturated heterocycles. The standard InChI is InChI=1S/C7H7N5O2S/c1-11-4-5(2-9-11)10-7-8-3-6(15-7)12(13)14/h2-4H,1H3,(H,8,10). The molecule has 0 radical (unpaired) electrons. The maximum atomic E-state index is 10.4. The molecule has 8 heteroatoms. The second-order valence-electron chi connectivity index (χ2n) is 2.79. The molecule has 0 bridgehead atoms. The number of aryl methyl sites for hydroxylation is 1. The smallest absolute Gasteiger partial charge is 0.329 e. The van der Waals surface area contributed by atoms with E-state index >= 15 is 0 Å². The largest absolute Gasteiger partial charge is 0.345 e. The molecular weight excluding hydrogens is 218 g/mol. The van der Waals surface area contributed by atoms with Gasteiger partial charge in [-0.25, -0.2) is 4.98 Å². The first-order valence-corrected chi connectivity index (χ1v) is 4.82. The molecule has 0 saturated carbocycles. The third-order valence-electron chi connectivity index (χ3n) is 1.63. The lowest BCUT2D eigenvalue weighted by atomic mass is 10.6. The minimum absolute atomic E-state index is 0.0152. The van der Waals surface area contributed by atoms with Gasteiger partial charge >= 0.3 is 5.00 Å². The van der Waals surface area contributed by atoms with Crippen LogP contribution in [0.25, 0.3) is 0 Å². The Morgan fingerprint density at radius 2 is 2.40 bits per heavy atom. The molecule has 7 nitrogen and oxygen atoms in total. The van der Waals surface area contributed by atoms with Crippen molar-refractivity contribution in [3.63, 3.8) is 0 Å². The van der Waals surface area contributed by atoms with E-state index in [0.29, 0.717) is 5.13 Å². The molecule has 78 valence electrons. The van der Waals surface area contributed by atoms with E-state index in [-0.39, 0.29) is 5.00 Å². The third kappa shape index (κ3) is 2.10. The van der Waals surface area contributed by atoms with E-state index in [1.807, 2.05) is 0 Å². The highest BCUT2D eigenvalue weighted by Crippen LogP contribution is 2.27. The summed E-state index contributed by atoms with van der Waals surface area (Å²) < 4.78 is 1.63. The fourth-order valence-corrected chi connectivity index (χ4v) is 1.67. The predicted octanol–water partition coefficient (Wildman–Crippen LogP) is 1.53. The first-order valence-electron chi connectivity index (χ1n) is 4.01. The van der Waals surface area contributed by atoms with E-state index < -0.39 is 4.92 Å². The van der Waals surface area contributed by atoms with Crippen molar-refractivity contribution in [2.24, 2.45) is 7.05 Å². The minimum atomic E-state index is -0.466. The van der Waals surface area contributed by atoms with Crippen molar-refractivity contribution < 1.29 is 4.92 Å². The molecular formula is C7H7N5O2S. The summed E-state index contributed by atoms with van der Waals surface area (Å²) in [6.07, 6.45) is 4.60. The van der Waals surface area contributed by atoms with Gasteiger partial charge in [0.15, 0.2) is 5.13 Å². The Labute approximate surface area is 88.5 Å². The molecule has 15 heavy (non-hydrogen) atoms. The van der Waals surface area contributed by atoms with Gasteiger partial charge in [-0.05, 0) is 11.3 Å². The zero-order valence-corrected chi connectivity index (χ0v) is 8.56. The minimum Gasteiger partial charge on any atom is -0.329 e. The topological polar surface area (TPSA) is 85.9 Å². The van der Waals surface area contributed by atoms with Crippen molar-refractivity contribution in [2.75, 3.05) is 5.32 Å². The lowest BCUT2D eigenvalue weighted by Crippen LogP contribution is -1.87. The summed E-state index contributed by atoms with van der Waals surface area (Å²) in [6.45, 7) is 0.